The molecule has 0 aliphatic heterocycles. The van der Waals surface area contributed by atoms with Gasteiger partial charge in [-0.1, -0.05) is 40.2 Å². The van der Waals surface area contributed by atoms with Gasteiger partial charge in [0.25, 0.3) is 0 Å². The number of hydrogen-bond donors (Lipinski definition) is 1. The molecule has 3 nitrogen and oxygen atoms in total. The minimum atomic E-state index is -0.0631. The summed E-state index contributed by atoms with van der Waals surface area (Å²) in [5.74, 6) is 0.596. The molecular formula is C15H14BrNO2. The fourth-order valence-corrected chi connectivity index (χ4v) is 1.99. The van der Waals surface area contributed by atoms with E-state index >= 15 is 0 Å². The maximum atomic E-state index is 12.0. The second kappa shape index (κ2) is 6.38. The summed E-state index contributed by atoms with van der Waals surface area (Å²) in [6, 6.07) is 15.0. The van der Waals surface area contributed by atoms with Gasteiger partial charge < -0.3 is 10.1 Å². The molecule has 0 fully saturated rings. The Balaban J connectivity index is 2.03. The van der Waals surface area contributed by atoms with E-state index < -0.39 is 0 Å². The SMILES string of the molecule is COc1ccccc1NC(=O)Cc1ccc(Br)cc1. The highest BCUT2D eigenvalue weighted by Crippen LogP contribution is 2.23. The zero-order valence-electron chi connectivity index (χ0n) is 10.5. The summed E-state index contributed by atoms with van der Waals surface area (Å²) in [6.07, 6.45) is 0.339. The molecule has 1 amide bonds. The topological polar surface area (TPSA) is 38.3 Å². The minimum Gasteiger partial charge on any atom is -0.495 e. The normalized spacial score (nSPS) is 10.0. The van der Waals surface area contributed by atoms with E-state index in [0.717, 1.165) is 10.0 Å². The molecule has 0 aliphatic rings. The van der Waals surface area contributed by atoms with Gasteiger partial charge >= 0.3 is 0 Å². The van der Waals surface area contributed by atoms with Crippen molar-refractivity contribution < 1.29 is 9.53 Å². The zero-order chi connectivity index (χ0) is 13.7. The van der Waals surface area contributed by atoms with Crippen molar-refractivity contribution in [3.8, 4) is 5.75 Å². The average molecular weight is 320 g/mol. The number of benzene rings is 2. The second-order valence-corrected chi connectivity index (χ2v) is 4.97. The number of methoxy groups -OCH3 is 1. The number of hydrogen-bond acceptors (Lipinski definition) is 2. The molecule has 0 heterocycles. The van der Waals surface area contributed by atoms with Gasteiger partial charge in [0, 0.05) is 4.47 Å². The zero-order valence-corrected chi connectivity index (χ0v) is 12.1. The van der Waals surface area contributed by atoms with Crippen LogP contribution in [0.1, 0.15) is 5.56 Å². The predicted molar refractivity (Wildman–Crippen MR) is 79.5 cm³/mol. The Morgan fingerprint density at radius 3 is 2.53 bits per heavy atom. The molecule has 0 saturated heterocycles. The van der Waals surface area contributed by atoms with Crippen molar-refractivity contribution in [2.75, 3.05) is 12.4 Å². The number of rotatable bonds is 4. The first kappa shape index (κ1) is 13.6. The lowest BCUT2D eigenvalue weighted by molar-refractivity contribution is -0.115. The van der Waals surface area contributed by atoms with Gasteiger partial charge in [0.15, 0.2) is 0 Å². The van der Waals surface area contributed by atoms with Crippen LogP contribution in [0.2, 0.25) is 0 Å². The maximum Gasteiger partial charge on any atom is 0.228 e. The number of amides is 1. The Bertz CT molecular complexity index is 567. The highest BCUT2D eigenvalue weighted by atomic mass is 79.9. The Morgan fingerprint density at radius 2 is 1.84 bits per heavy atom. The Kier molecular flexibility index (Phi) is 4.58. The third kappa shape index (κ3) is 3.83. The van der Waals surface area contributed by atoms with Crippen molar-refractivity contribution in [3.05, 3.63) is 58.6 Å². The fourth-order valence-electron chi connectivity index (χ4n) is 1.73. The summed E-state index contributed by atoms with van der Waals surface area (Å²) >= 11 is 3.37. The van der Waals surface area contributed by atoms with Gasteiger partial charge in [-0.3, -0.25) is 4.79 Å². The third-order valence-corrected chi connectivity index (χ3v) is 3.19. The molecule has 0 spiro atoms. The molecule has 0 saturated carbocycles. The van der Waals surface area contributed by atoms with Crippen LogP contribution in [0, 0.1) is 0 Å². The average Bonchev–Trinajstić information content (AvgIpc) is 2.42. The van der Waals surface area contributed by atoms with Gasteiger partial charge in [-0.15, -0.1) is 0 Å². The smallest absolute Gasteiger partial charge is 0.228 e. The Hall–Kier alpha value is -1.81. The third-order valence-electron chi connectivity index (χ3n) is 2.66. The van der Waals surface area contributed by atoms with Crippen LogP contribution in [0.5, 0.6) is 5.75 Å². The lowest BCUT2D eigenvalue weighted by atomic mass is 10.1. The van der Waals surface area contributed by atoms with E-state index in [4.69, 9.17) is 4.74 Å². The van der Waals surface area contributed by atoms with E-state index in [1.54, 1.807) is 7.11 Å². The van der Waals surface area contributed by atoms with Gasteiger partial charge in [0.2, 0.25) is 5.91 Å². The van der Waals surface area contributed by atoms with Gasteiger partial charge in [0.1, 0.15) is 5.75 Å². The maximum absolute atomic E-state index is 12.0. The fraction of sp³-hybridized carbons (Fsp3) is 0.133. The first-order chi connectivity index (χ1) is 9.19. The van der Waals surface area contributed by atoms with Gasteiger partial charge in [-0.25, -0.2) is 0 Å². The lowest BCUT2D eigenvalue weighted by Crippen LogP contribution is -2.14. The molecule has 0 radical (unpaired) electrons. The summed E-state index contributed by atoms with van der Waals surface area (Å²) in [6.45, 7) is 0. The van der Waals surface area contributed by atoms with E-state index in [9.17, 15) is 4.79 Å². The summed E-state index contributed by atoms with van der Waals surface area (Å²) in [5, 5.41) is 2.85. The number of carbonyl (C=O) groups excluding carboxylic acids is 1. The highest BCUT2D eigenvalue weighted by Gasteiger charge is 2.07. The van der Waals surface area contributed by atoms with Crippen LogP contribution in [-0.4, -0.2) is 13.0 Å². The molecular weight excluding hydrogens is 306 g/mol. The largest absolute Gasteiger partial charge is 0.495 e. The molecule has 0 atom stereocenters. The van der Waals surface area contributed by atoms with Gasteiger partial charge in [0.05, 0.1) is 19.2 Å². The van der Waals surface area contributed by atoms with Crippen LogP contribution in [-0.2, 0) is 11.2 Å². The van der Waals surface area contributed by atoms with Crippen LogP contribution in [0.15, 0.2) is 53.0 Å². The number of para-hydroxylation sites is 2. The van der Waals surface area contributed by atoms with Gasteiger partial charge in [-0.05, 0) is 29.8 Å². The van der Waals surface area contributed by atoms with E-state index in [1.807, 2.05) is 48.5 Å². The molecule has 4 heteroatoms. The summed E-state index contributed by atoms with van der Waals surface area (Å²) < 4.78 is 6.19. The first-order valence-electron chi connectivity index (χ1n) is 5.86. The summed E-state index contributed by atoms with van der Waals surface area (Å²) in [5.41, 5.74) is 1.66. The Labute approximate surface area is 120 Å². The monoisotopic (exact) mass is 319 g/mol. The number of anilines is 1. The number of carbonyl (C=O) groups is 1. The van der Waals surface area contributed by atoms with Crippen LogP contribution in [0.3, 0.4) is 0 Å². The Morgan fingerprint density at radius 1 is 1.16 bits per heavy atom. The molecule has 0 bridgehead atoms. The molecule has 2 aromatic rings. The second-order valence-electron chi connectivity index (χ2n) is 4.05. The van der Waals surface area contributed by atoms with E-state index in [2.05, 4.69) is 21.2 Å². The van der Waals surface area contributed by atoms with Crippen LogP contribution in [0.4, 0.5) is 5.69 Å². The van der Waals surface area contributed by atoms with Crippen LogP contribution >= 0.6 is 15.9 Å². The molecule has 0 aliphatic carbocycles. The van der Waals surface area contributed by atoms with Crippen molar-refractivity contribution in [2.24, 2.45) is 0 Å². The van der Waals surface area contributed by atoms with E-state index in [0.29, 0.717) is 17.9 Å². The van der Waals surface area contributed by atoms with Crippen LogP contribution in [0.25, 0.3) is 0 Å². The molecule has 19 heavy (non-hydrogen) atoms. The number of ether oxygens (including phenoxy) is 1. The quantitative estimate of drug-likeness (QED) is 0.934. The van der Waals surface area contributed by atoms with Crippen molar-refractivity contribution in [1.82, 2.24) is 0 Å². The first-order valence-corrected chi connectivity index (χ1v) is 6.65. The van der Waals surface area contributed by atoms with Crippen molar-refractivity contribution >= 4 is 27.5 Å². The summed E-state index contributed by atoms with van der Waals surface area (Å²) in [4.78, 5) is 12.0. The van der Waals surface area contributed by atoms with E-state index in [1.165, 1.54) is 0 Å². The van der Waals surface area contributed by atoms with Gasteiger partial charge in [-0.2, -0.15) is 0 Å². The molecule has 0 aromatic heterocycles. The highest BCUT2D eigenvalue weighted by molar-refractivity contribution is 9.10. The molecule has 2 rings (SSSR count). The van der Waals surface area contributed by atoms with Crippen molar-refractivity contribution in [1.29, 1.82) is 0 Å². The van der Waals surface area contributed by atoms with Crippen LogP contribution < -0.4 is 10.1 Å². The number of nitrogens with one attached hydrogen (secondary N) is 1. The van der Waals surface area contributed by atoms with Crippen molar-refractivity contribution in [3.63, 3.8) is 0 Å². The van der Waals surface area contributed by atoms with E-state index in [-0.39, 0.29) is 5.91 Å². The minimum absolute atomic E-state index is 0.0631. The van der Waals surface area contributed by atoms with Crippen molar-refractivity contribution in [2.45, 2.75) is 6.42 Å². The molecule has 98 valence electrons. The molecule has 0 unspecified atom stereocenters. The number of halogens is 1. The molecule has 2 aromatic carbocycles. The standard InChI is InChI=1S/C15H14BrNO2/c1-19-14-5-3-2-4-13(14)17-15(18)10-11-6-8-12(16)9-7-11/h2-9H,10H2,1H3,(H,17,18). The lowest BCUT2D eigenvalue weighted by Gasteiger charge is -2.09. The predicted octanol–water partition coefficient (Wildman–Crippen LogP) is 3.64. The molecule has 1 N–H and O–H groups in total. The summed E-state index contributed by atoms with van der Waals surface area (Å²) in [7, 11) is 1.58.